The first-order valence-corrected chi connectivity index (χ1v) is 9.63. The van der Waals surface area contributed by atoms with Crippen LogP contribution in [0, 0.1) is 6.92 Å². The molecule has 0 radical (unpaired) electrons. The molecule has 0 bridgehead atoms. The van der Waals surface area contributed by atoms with Crippen molar-refractivity contribution < 1.29 is 9.32 Å². The second-order valence-corrected chi connectivity index (χ2v) is 7.37. The Balaban J connectivity index is 1.43. The Labute approximate surface area is 154 Å². The molecule has 138 valence electrons. The first-order chi connectivity index (χ1) is 12.7. The van der Waals surface area contributed by atoms with Gasteiger partial charge < -0.3 is 9.42 Å². The molecule has 2 aromatic rings. The van der Waals surface area contributed by atoms with Crippen molar-refractivity contribution in [3.05, 3.63) is 47.1 Å². The van der Waals surface area contributed by atoms with Gasteiger partial charge in [-0.15, -0.1) is 0 Å². The Bertz CT molecular complexity index is 749. The van der Waals surface area contributed by atoms with Crippen LogP contribution in [-0.2, 0) is 6.54 Å². The highest BCUT2D eigenvalue weighted by molar-refractivity contribution is 5.94. The van der Waals surface area contributed by atoms with Crippen molar-refractivity contribution >= 4 is 5.91 Å². The van der Waals surface area contributed by atoms with Gasteiger partial charge in [-0.05, 0) is 63.4 Å². The summed E-state index contributed by atoms with van der Waals surface area (Å²) in [7, 11) is 0. The molecule has 2 aliphatic heterocycles. The highest BCUT2D eigenvalue weighted by Crippen LogP contribution is 2.32. The topological polar surface area (TPSA) is 62.5 Å². The van der Waals surface area contributed by atoms with Gasteiger partial charge in [0, 0.05) is 18.7 Å². The van der Waals surface area contributed by atoms with Crippen LogP contribution < -0.4 is 0 Å². The fraction of sp³-hybridized carbons (Fsp3) is 0.550. The Morgan fingerprint density at radius 2 is 1.88 bits per heavy atom. The normalized spacial score (nSPS) is 21.3. The number of benzene rings is 1. The van der Waals surface area contributed by atoms with E-state index in [0.717, 1.165) is 31.5 Å². The van der Waals surface area contributed by atoms with Gasteiger partial charge in [-0.3, -0.25) is 9.69 Å². The van der Waals surface area contributed by atoms with E-state index in [1.807, 2.05) is 17.0 Å². The van der Waals surface area contributed by atoms with Gasteiger partial charge in [-0.1, -0.05) is 23.7 Å². The lowest BCUT2D eigenvalue weighted by molar-refractivity contribution is 0.0710. The van der Waals surface area contributed by atoms with Crippen molar-refractivity contribution in [3.63, 3.8) is 0 Å². The number of amides is 1. The summed E-state index contributed by atoms with van der Waals surface area (Å²) in [6.45, 7) is 5.87. The van der Waals surface area contributed by atoms with Crippen LogP contribution in [0.4, 0.5) is 0 Å². The maximum absolute atomic E-state index is 13.0. The van der Waals surface area contributed by atoms with Crippen molar-refractivity contribution in [1.29, 1.82) is 0 Å². The van der Waals surface area contributed by atoms with Crippen molar-refractivity contribution in [1.82, 2.24) is 19.9 Å². The number of aryl methyl sites for hydroxylation is 1. The SMILES string of the molecule is Cc1noc(C2CCCN2C(=O)c2ccc(CN3CCCCC3)cc2)n1. The number of piperidine rings is 1. The molecule has 1 amide bonds. The zero-order chi connectivity index (χ0) is 17.9. The Kier molecular flexibility index (Phi) is 5.02. The summed E-state index contributed by atoms with van der Waals surface area (Å²) < 4.78 is 5.31. The van der Waals surface area contributed by atoms with E-state index >= 15 is 0 Å². The van der Waals surface area contributed by atoms with Crippen molar-refractivity contribution in [2.24, 2.45) is 0 Å². The number of likely N-dealkylation sites (tertiary alicyclic amines) is 2. The third-order valence-corrected chi connectivity index (χ3v) is 5.40. The monoisotopic (exact) mass is 354 g/mol. The third-order valence-electron chi connectivity index (χ3n) is 5.40. The van der Waals surface area contributed by atoms with E-state index < -0.39 is 0 Å². The summed E-state index contributed by atoms with van der Waals surface area (Å²) in [5.41, 5.74) is 2.00. The number of hydrogen-bond acceptors (Lipinski definition) is 5. The zero-order valence-electron chi connectivity index (χ0n) is 15.4. The molecule has 2 fully saturated rings. The lowest BCUT2D eigenvalue weighted by Crippen LogP contribution is -2.31. The molecule has 2 aliphatic rings. The highest BCUT2D eigenvalue weighted by Gasteiger charge is 2.34. The number of rotatable bonds is 4. The quantitative estimate of drug-likeness (QED) is 0.843. The summed E-state index contributed by atoms with van der Waals surface area (Å²) >= 11 is 0. The van der Waals surface area contributed by atoms with E-state index in [2.05, 4.69) is 27.2 Å². The molecule has 1 aromatic carbocycles. The van der Waals surface area contributed by atoms with Gasteiger partial charge in [-0.2, -0.15) is 4.98 Å². The lowest BCUT2D eigenvalue weighted by Gasteiger charge is -2.26. The fourth-order valence-electron chi connectivity index (χ4n) is 4.01. The van der Waals surface area contributed by atoms with E-state index in [9.17, 15) is 4.79 Å². The minimum atomic E-state index is -0.100. The summed E-state index contributed by atoms with van der Waals surface area (Å²) in [5.74, 6) is 1.21. The predicted molar refractivity (Wildman–Crippen MR) is 97.6 cm³/mol. The number of nitrogens with zero attached hydrogens (tertiary/aromatic N) is 4. The molecular formula is C20H26N4O2. The molecule has 0 N–H and O–H groups in total. The van der Waals surface area contributed by atoms with Crippen LogP contribution in [0.25, 0.3) is 0 Å². The fourth-order valence-corrected chi connectivity index (χ4v) is 4.01. The molecule has 6 nitrogen and oxygen atoms in total. The summed E-state index contributed by atoms with van der Waals surface area (Å²) in [6, 6.07) is 7.98. The molecule has 2 saturated heterocycles. The van der Waals surface area contributed by atoms with Gasteiger partial charge in [0.15, 0.2) is 5.82 Å². The van der Waals surface area contributed by atoms with Crippen LogP contribution in [0.3, 0.4) is 0 Å². The van der Waals surface area contributed by atoms with Crippen molar-refractivity contribution in [2.75, 3.05) is 19.6 Å². The van der Waals surface area contributed by atoms with Crippen LogP contribution in [0.2, 0.25) is 0 Å². The van der Waals surface area contributed by atoms with Gasteiger partial charge in [0.05, 0.1) is 0 Å². The molecule has 1 atom stereocenters. The van der Waals surface area contributed by atoms with Crippen LogP contribution in [0.5, 0.6) is 0 Å². The number of hydrogen-bond donors (Lipinski definition) is 0. The van der Waals surface area contributed by atoms with Crippen molar-refractivity contribution in [3.8, 4) is 0 Å². The van der Waals surface area contributed by atoms with Crippen LogP contribution in [-0.4, -0.2) is 45.5 Å². The summed E-state index contributed by atoms with van der Waals surface area (Å²) in [6.07, 6.45) is 5.77. The molecule has 6 heteroatoms. The van der Waals surface area contributed by atoms with Gasteiger partial charge in [-0.25, -0.2) is 0 Å². The molecule has 0 aliphatic carbocycles. The smallest absolute Gasteiger partial charge is 0.254 e. The number of carbonyl (C=O) groups is 1. The van der Waals surface area contributed by atoms with Gasteiger partial charge in [0.25, 0.3) is 5.91 Å². The Morgan fingerprint density at radius 1 is 1.12 bits per heavy atom. The molecule has 0 spiro atoms. The maximum atomic E-state index is 13.0. The summed E-state index contributed by atoms with van der Waals surface area (Å²) in [4.78, 5) is 21.6. The van der Waals surface area contributed by atoms with E-state index in [1.54, 1.807) is 6.92 Å². The van der Waals surface area contributed by atoms with Crippen LogP contribution in [0.1, 0.15) is 65.8 Å². The molecule has 0 saturated carbocycles. The molecule has 4 rings (SSSR count). The van der Waals surface area contributed by atoms with Crippen LogP contribution >= 0.6 is 0 Å². The molecule has 1 unspecified atom stereocenters. The molecule has 1 aromatic heterocycles. The number of aromatic nitrogens is 2. The largest absolute Gasteiger partial charge is 0.337 e. The first kappa shape index (κ1) is 17.2. The average molecular weight is 354 g/mol. The lowest BCUT2D eigenvalue weighted by atomic mass is 10.1. The Hall–Kier alpha value is -2.21. The van der Waals surface area contributed by atoms with E-state index in [4.69, 9.17) is 4.52 Å². The number of carbonyl (C=O) groups excluding carboxylic acids is 1. The minimum absolute atomic E-state index is 0.0490. The zero-order valence-corrected chi connectivity index (χ0v) is 15.4. The van der Waals surface area contributed by atoms with E-state index in [-0.39, 0.29) is 11.9 Å². The van der Waals surface area contributed by atoms with Crippen LogP contribution in [0.15, 0.2) is 28.8 Å². The van der Waals surface area contributed by atoms with Gasteiger partial charge in [0.1, 0.15) is 6.04 Å². The minimum Gasteiger partial charge on any atom is -0.337 e. The van der Waals surface area contributed by atoms with E-state index in [0.29, 0.717) is 11.7 Å². The average Bonchev–Trinajstić information content (AvgIpc) is 3.31. The van der Waals surface area contributed by atoms with E-state index in [1.165, 1.54) is 37.9 Å². The maximum Gasteiger partial charge on any atom is 0.254 e. The summed E-state index contributed by atoms with van der Waals surface area (Å²) in [5, 5.41) is 3.87. The Morgan fingerprint density at radius 3 is 2.58 bits per heavy atom. The highest BCUT2D eigenvalue weighted by atomic mass is 16.5. The van der Waals surface area contributed by atoms with Gasteiger partial charge in [0.2, 0.25) is 5.89 Å². The molecule has 26 heavy (non-hydrogen) atoms. The third kappa shape index (κ3) is 3.65. The standard InChI is InChI=1S/C20H26N4O2/c1-15-21-19(26-22-15)18-6-5-13-24(18)20(25)17-9-7-16(8-10-17)14-23-11-3-2-4-12-23/h7-10,18H,2-6,11-14H2,1H3. The predicted octanol–water partition coefficient (Wildman–Crippen LogP) is 3.34. The molecule has 3 heterocycles. The molecular weight excluding hydrogens is 328 g/mol. The first-order valence-electron chi connectivity index (χ1n) is 9.63. The second kappa shape index (κ2) is 7.58. The second-order valence-electron chi connectivity index (χ2n) is 7.37. The van der Waals surface area contributed by atoms with Gasteiger partial charge >= 0.3 is 0 Å². The van der Waals surface area contributed by atoms with Crippen molar-refractivity contribution in [2.45, 2.75) is 51.6 Å².